The Kier molecular flexibility index (Phi) is 8.35. The molecule has 2 aromatic rings. The van der Waals surface area contributed by atoms with Crippen LogP contribution in [0.2, 0.25) is 0 Å². The molecule has 0 aliphatic carbocycles. The fraction of sp³-hybridized carbons (Fsp3) is 0.280. The molecule has 0 unspecified atom stereocenters. The van der Waals surface area contributed by atoms with Crippen LogP contribution in [0, 0.1) is 0 Å². The standard InChI is InChI=1S/C25H28O2/c1-4-5-6-13-18-23(25(26)22-16-11-8-12-17-22)24(27-20(2)3)19-21-14-9-7-10-15-21/h7-17,19-20H,4-6H2,1-3H3/b24-19+. The quantitative estimate of drug-likeness (QED) is 0.126. The molecule has 0 bridgehead atoms. The Morgan fingerprint density at radius 1 is 1.04 bits per heavy atom. The highest BCUT2D eigenvalue weighted by Gasteiger charge is 2.18. The maximum absolute atomic E-state index is 13.2. The van der Waals surface area contributed by atoms with Crippen LogP contribution in [-0.4, -0.2) is 11.9 Å². The first-order valence-corrected chi connectivity index (χ1v) is 9.60. The Balaban J connectivity index is 2.51. The first kappa shape index (κ1) is 20.5. The SMILES string of the molecule is CCCCC=C=C(C(=O)c1ccccc1)/C(=C\c1ccccc1)OC(C)C. The van der Waals surface area contributed by atoms with Crippen molar-refractivity contribution in [2.24, 2.45) is 0 Å². The molecule has 0 spiro atoms. The maximum atomic E-state index is 13.2. The van der Waals surface area contributed by atoms with Gasteiger partial charge in [-0.15, -0.1) is 5.73 Å². The molecule has 2 aromatic carbocycles. The minimum atomic E-state index is -0.0776. The second-order valence-electron chi connectivity index (χ2n) is 6.65. The van der Waals surface area contributed by atoms with Crippen LogP contribution in [0.5, 0.6) is 0 Å². The molecule has 0 aliphatic rings. The second-order valence-corrected chi connectivity index (χ2v) is 6.65. The molecule has 0 N–H and O–H groups in total. The molecule has 0 heterocycles. The summed E-state index contributed by atoms with van der Waals surface area (Å²) in [5.74, 6) is 0.476. The van der Waals surface area contributed by atoms with Gasteiger partial charge in [0.2, 0.25) is 5.78 Å². The largest absolute Gasteiger partial charge is 0.490 e. The van der Waals surface area contributed by atoms with E-state index in [1.807, 2.05) is 86.7 Å². The highest BCUT2D eigenvalue weighted by atomic mass is 16.5. The van der Waals surface area contributed by atoms with Gasteiger partial charge in [0.05, 0.1) is 6.10 Å². The Labute approximate surface area is 162 Å². The number of carbonyl (C=O) groups is 1. The van der Waals surface area contributed by atoms with E-state index < -0.39 is 0 Å². The van der Waals surface area contributed by atoms with Gasteiger partial charge < -0.3 is 4.74 Å². The third-order valence-corrected chi connectivity index (χ3v) is 3.92. The van der Waals surface area contributed by atoms with E-state index in [9.17, 15) is 4.79 Å². The van der Waals surface area contributed by atoms with Gasteiger partial charge in [0, 0.05) is 5.56 Å². The summed E-state index contributed by atoms with van der Waals surface area (Å²) < 4.78 is 6.04. The summed E-state index contributed by atoms with van der Waals surface area (Å²) in [6, 6.07) is 19.2. The Bertz CT molecular complexity index is 808. The van der Waals surface area contributed by atoms with Gasteiger partial charge in [-0.2, -0.15) is 0 Å². The van der Waals surface area contributed by atoms with Crippen molar-refractivity contribution in [2.75, 3.05) is 0 Å². The van der Waals surface area contributed by atoms with Gasteiger partial charge in [0.15, 0.2) is 0 Å². The number of ether oxygens (including phenoxy) is 1. The molecule has 2 nitrogen and oxygen atoms in total. The molecular formula is C25H28O2. The second kappa shape index (κ2) is 11.0. The van der Waals surface area contributed by atoms with Crippen LogP contribution >= 0.6 is 0 Å². The third kappa shape index (κ3) is 6.77. The van der Waals surface area contributed by atoms with Crippen molar-refractivity contribution in [3.8, 4) is 0 Å². The van der Waals surface area contributed by atoms with E-state index >= 15 is 0 Å². The zero-order chi connectivity index (χ0) is 19.5. The molecule has 27 heavy (non-hydrogen) atoms. The molecule has 0 fully saturated rings. The highest BCUT2D eigenvalue weighted by Crippen LogP contribution is 2.22. The van der Waals surface area contributed by atoms with Crippen LogP contribution in [0.3, 0.4) is 0 Å². The van der Waals surface area contributed by atoms with Crippen LogP contribution in [-0.2, 0) is 4.74 Å². The van der Waals surface area contributed by atoms with Crippen molar-refractivity contribution < 1.29 is 9.53 Å². The summed E-state index contributed by atoms with van der Waals surface area (Å²) in [5.41, 5.74) is 5.32. The summed E-state index contributed by atoms with van der Waals surface area (Å²) in [7, 11) is 0. The van der Waals surface area contributed by atoms with E-state index in [4.69, 9.17) is 4.74 Å². The summed E-state index contributed by atoms with van der Waals surface area (Å²) in [4.78, 5) is 13.2. The zero-order valence-corrected chi connectivity index (χ0v) is 16.4. The van der Waals surface area contributed by atoms with Gasteiger partial charge in [-0.1, -0.05) is 74.0 Å². The Morgan fingerprint density at radius 3 is 2.26 bits per heavy atom. The predicted octanol–water partition coefficient (Wildman–Crippen LogP) is 6.61. The van der Waals surface area contributed by atoms with Crippen molar-refractivity contribution >= 4 is 11.9 Å². The lowest BCUT2D eigenvalue weighted by Gasteiger charge is -2.15. The maximum Gasteiger partial charge on any atom is 0.204 e. The summed E-state index contributed by atoms with van der Waals surface area (Å²) in [6.07, 6.45) is 6.88. The van der Waals surface area contributed by atoms with E-state index in [0.717, 1.165) is 24.8 Å². The number of hydrogen-bond acceptors (Lipinski definition) is 2. The average molecular weight is 360 g/mol. The third-order valence-electron chi connectivity index (χ3n) is 3.92. The normalized spacial score (nSPS) is 11.0. The average Bonchev–Trinajstić information content (AvgIpc) is 2.68. The monoisotopic (exact) mass is 360 g/mol. The summed E-state index contributed by atoms with van der Waals surface area (Å²) >= 11 is 0. The molecule has 2 heteroatoms. The number of unbranched alkanes of at least 4 members (excludes halogenated alkanes) is 2. The number of benzene rings is 2. The van der Waals surface area contributed by atoms with E-state index in [2.05, 4.69) is 12.7 Å². The minimum absolute atomic E-state index is 0.0454. The number of ketones is 1. The molecule has 0 saturated heterocycles. The van der Waals surface area contributed by atoms with Crippen LogP contribution < -0.4 is 0 Å². The lowest BCUT2D eigenvalue weighted by atomic mass is 10.0. The van der Waals surface area contributed by atoms with Crippen LogP contribution in [0.1, 0.15) is 56.0 Å². The van der Waals surface area contributed by atoms with E-state index in [-0.39, 0.29) is 11.9 Å². The molecule has 0 saturated carbocycles. The van der Waals surface area contributed by atoms with Crippen LogP contribution in [0.15, 0.2) is 83.8 Å². The highest BCUT2D eigenvalue weighted by molar-refractivity contribution is 6.11. The lowest BCUT2D eigenvalue weighted by Crippen LogP contribution is -2.11. The van der Waals surface area contributed by atoms with Gasteiger partial charge in [-0.05, 0) is 44.4 Å². The van der Waals surface area contributed by atoms with E-state index in [1.54, 1.807) is 0 Å². The number of allylic oxidation sites excluding steroid dienone is 1. The Hall–Kier alpha value is -2.83. The summed E-state index contributed by atoms with van der Waals surface area (Å²) in [6.45, 7) is 6.07. The zero-order valence-electron chi connectivity index (χ0n) is 16.4. The van der Waals surface area contributed by atoms with Crippen molar-refractivity contribution in [1.82, 2.24) is 0 Å². The molecular weight excluding hydrogens is 332 g/mol. The van der Waals surface area contributed by atoms with Gasteiger partial charge in [0.25, 0.3) is 0 Å². The van der Waals surface area contributed by atoms with Crippen molar-refractivity contribution in [2.45, 2.75) is 46.1 Å². The molecule has 140 valence electrons. The first-order chi connectivity index (χ1) is 13.1. The van der Waals surface area contributed by atoms with Crippen LogP contribution in [0.4, 0.5) is 0 Å². The lowest BCUT2D eigenvalue weighted by molar-refractivity contribution is 0.100. The first-order valence-electron chi connectivity index (χ1n) is 9.60. The molecule has 0 atom stereocenters. The van der Waals surface area contributed by atoms with Crippen molar-refractivity contribution in [3.63, 3.8) is 0 Å². The number of Topliss-reactive ketones (excluding diaryl/α,β-unsaturated/α-hetero) is 1. The number of hydrogen-bond donors (Lipinski definition) is 0. The van der Waals surface area contributed by atoms with Gasteiger partial charge in [0.1, 0.15) is 11.3 Å². The topological polar surface area (TPSA) is 26.3 Å². The molecule has 0 aromatic heterocycles. The van der Waals surface area contributed by atoms with Crippen molar-refractivity contribution in [1.29, 1.82) is 0 Å². The molecule has 0 amide bonds. The fourth-order valence-electron chi connectivity index (χ4n) is 2.58. The fourth-order valence-corrected chi connectivity index (χ4v) is 2.58. The van der Waals surface area contributed by atoms with E-state index in [0.29, 0.717) is 16.9 Å². The van der Waals surface area contributed by atoms with Crippen LogP contribution in [0.25, 0.3) is 6.08 Å². The van der Waals surface area contributed by atoms with Gasteiger partial charge >= 0.3 is 0 Å². The molecule has 2 rings (SSSR count). The molecule has 0 aliphatic heterocycles. The predicted molar refractivity (Wildman–Crippen MR) is 113 cm³/mol. The van der Waals surface area contributed by atoms with Gasteiger partial charge in [-0.3, -0.25) is 4.79 Å². The van der Waals surface area contributed by atoms with Crippen molar-refractivity contribution in [3.05, 3.63) is 94.9 Å². The van der Waals surface area contributed by atoms with Gasteiger partial charge in [-0.25, -0.2) is 0 Å². The minimum Gasteiger partial charge on any atom is -0.490 e. The summed E-state index contributed by atoms with van der Waals surface area (Å²) in [5, 5.41) is 0. The Morgan fingerprint density at radius 2 is 1.67 bits per heavy atom. The van der Waals surface area contributed by atoms with E-state index in [1.165, 1.54) is 0 Å². The number of carbonyl (C=O) groups excluding carboxylic acids is 1. The smallest absolute Gasteiger partial charge is 0.204 e. The number of rotatable bonds is 9. The molecule has 0 radical (unpaired) electrons.